The molecule has 0 fully saturated rings. The molecule has 0 heterocycles. The molecule has 0 unspecified atom stereocenters. The molecule has 1 atom stereocenters. The standard InChI is InChI=1S/C27H28ClNO/c1-19(20-14-16-23(17-15-20)27(2,3)4)29-26(30)24(21-10-6-5-7-11-21)18-22-12-8-9-13-25(22)28/h5-19H,1-4H3,(H,29,30)/b24-18+/t19-/m1/s1. The van der Waals surface area contributed by atoms with E-state index in [0.717, 1.165) is 16.7 Å². The molecule has 0 bridgehead atoms. The van der Waals surface area contributed by atoms with Gasteiger partial charge in [0.2, 0.25) is 0 Å². The molecule has 0 aliphatic rings. The molecule has 3 aromatic carbocycles. The summed E-state index contributed by atoms with van der Waals surface area (Å²) in [5.74, 6) is -0.131. The zero-order valence-corrected chi connectivity index (χ0v) is 18.7. The highest BCUT2D eigenvalue weighted by Crippen LogP contribution is 2.26. The summed E-state index contributed by atoms with van der Waals surface area (Å²) in [6.07, 6.45) is 1.85. The molecule has 3 rings (SSSR count). The van der Waals surface area contributed by atoms with Crippen LogP contribution in [0.1, 0.15) is 56.0 Å². The molecule has 0 saturated carbocycles. The van der Waals surface area contributed by atoms with Crippen molar-refractivity contribution in [3.63, 3.8) is 0 Å². The van der Waals surface area contributed by atoms with E-state index in [2.05, 4.69) is 50.4 Å². The van der Waals surface area contributed by atoms with Gasteiger partial charge in [-0.1, -0.05) is 105 Å². The highest BCUT2D eigenvalue weighted by molar-refractivity contribution is 6.33. The van der Waals surface area contributed by atoms with Gasteiger partial charge in [-0.25, -0.2) is 0 Å². The van der Waals surface area contributed by atoms with E-state index in [1.165, 1.54) is 5.56 Å². The number of amides is 1. The van der Waals surface area contributed by atoms with Gasteiger partial charge in [-0.15, -0.1) is 0 Å². The lowest BCUT2D eigenvalue weighted by Gasteiger charge is -2.21. The lowest BCUT2D eigenvalue weighted by molar-refractivity contribution is -0.116. The first-order valence-corrected chi connectivity index (χ1v) is 10.6. The van der Waals surface area contributed by atoms with Crippen molar-refractivity contribution in [3.8, 4) is 0 Å². The van der Waals surface area contributed by atoms with Gasteiger partial charge in [-0.2, -0.15) is 0 Å². The Kier molecular flexibility index (Phi) is 6.79. The van der Waals surface area contributed by atoms with Crippen molar-refractivity contribution in [1.29, 1.82) is 0 Å². The van der Waals surface area contributed by atoms with Crippen LogP contribution in [0.5, 0.6) is 0 Å². The fourth-order valence-corrected chi connectivity index (χ4v) is 3.47. The van der Waals surface area contributed by atoms with Gasteiger partial charge in [0.25, 0.3) is 5.91 Å². The third-order valence-electron chi connectivity index (χ3n) is 5.16. The van der Waals surface area contributed by atoms with Crippen molar-refractivity contribution in [1.82, 2.24) is 5.32 Å². The second kappa shape index (κ2) is 9.32. The van der Waals surface area contributed by atoms with Crippen LogP contribution in [0.25, 0.3) is 11.6 Å². The van der Waals surface area contributed by atoms with Crippen LogP contribution in [0.3, 0.4) is 0 Å². The second-order valence-corrected chi connectivity index (χ2v) is 8.92. The van der Waals surface area contributed by atoms with E-state index in [1.807, 2.05) is 67.6 Å². The Bertz CT molecular complexity index is 1030. The summed E-state index contributed by atoms with van der Waals surface area (Å²) in [6, 6.07) is 25.5. The second-order valence-electron chi connectivity index (χ2n) is 8.51. The van der Waals surface area contributed by atoms with Gasteiger partial charge in [-0.3, -0.25) is 4.79 Å². The average molecular weight is 418 g/mol. The van der Waals surface area contributed by atoms with Crippen molar-refractivity contribution in [3.05, 3.63) is 106 Å². The summed E-state index contributed by atoms with van der Waals surface area (Å²) < 4.78 is 0. The lowest BCUT2D eigenvalue weighted by atomic mass is 9.86. The van der Waals surface area contributed by atoms with E-state index in [0.29, 0.717) is 10.6 Å². The van der Waals surface area contributed by atoms with Crippen molar-refractivity contribution >= 4 is 29.2 Å². The molecular formula is C27H28ClNO. The molecule has 0 spiro atoms. The van der Waals surface area contributed by atoms with E-state index in [1.54, 1.807) is 0 Å². The Morgan fingerprint density at radius 1 is 0.900 bits per heavy atom. The molecule has 2 nitrogen and oxygen atoms in total. The van der Waals surface area contributed by atoms with Gasteiger partial charge in [0.05, 0.1) is 6.04 Å². The van der Waals surface area contributed by atoms with Crippen molar-refractivity contribution in [2.45, 2.75) is 39.2 Å². The first-order chi connectivity index (χ1) is 14.3. The molecule has 3 aromatic rings. The Labute approximate surface area is 184 Å². The third kappa shape index (κ3) is 5.40. The topological polar surface area (TPSA) is 29.1 Å². The molecule has 154 valence electrons. The molecular weight excluding hydrogens is 390 g/mol. The largest absolute Gasteiger partial charge is 0.345 e. The number of carbonyl (C=O) groups excluding carboxylic acids is 1. The van der Waals surface area contributed by atoms with Crippen LogP contribution in [-0.2, 0) is 10.2 Å². The predicted octanol–water partition coefficient (Wildman–Crippen LogP) is 7.06. The summed E-state index contributed by atoms with van der Waals surface area (Å²) in [6.45, 7) is 8.58. The quantitative estimate of drug-likeness (QED) is 0.349. The van der Waals surface area contributed by atoms with E-state index >= 15 is 0 Å². The maximum absolute atomic E-state index is 13.2. The zero-order valence-electron chi connectivity index (χ0n) is 17.9. The minimum Gasteiger partial charge on any atom is -0.345 e. The van der Waals surface area contributed by atoms with Gasteiger partial charge in [0, 0.05) is 10.6 Å². The molecule has 0 saturated heterocycles. The number of hydrogen-bond donors (Lipinski definition) is 1. The average Bonchev–Trinajstić information content (AvgIpc) is 2.73. The van der Waals surface area contributed by atoms with E-state index in [9.17, 15) is 4.79 Å². The minimum absolute atomic E-state index is 0.100. The van der Waals surface area contributed by atoms with Crippen molar-refractivity contribution < 1.29 is 4.79 Å². The molecule has 1 amide bonds. The maximum atomic E-state index is 13.2. The van der Waals surface area contributed by atoms with Gasteiger partial charge in [-0.05, 0) is 46.7 Å². The lowest BCUT2D eigenvalue weighted by Crippen LogP contribution is -2.27. The molecule has 0 aromatic heterocycles. The van der Waals surface area contributed by atoms with Crippen molar-refractivity contribution in [2.75, 3.05) is 0 Å². The first-order valence-electron chi connectivity index (χ1n) is 10.2. The molecule has 30 heavy (non-hydrogen) atoms. The molecule has 1 N–H and O–H groups in total. The molecule has 3 heteroatoms. The summed E-state index contributed by atoms with van der Waals surface area (Å²) in [5.41, 5.74) is 4.70. The van der Waals surface area contributed by atoms with Gasteiger partial charge in [0.15, 0.2) is 0 Å². The van der Waals surface area contributed by atoms with Crippen LogP contribution in [0.15, 0.2) is 78.9 Å². The predicted molar refractivity (Wildman–Crippen MR) is 127 cm³/mol. The Hall–Kier alpha value is -2.84. The number of rotatable bonds is 5. The van der Waals surface area contributed by atoms with Gasteiger partial charge in [0.1, 0.15) is 0 Å². The SMILES string of the molecule is C[C@@H](NC(=O)/C(=C/c1ccccc1Cl)c1ccccc1)c1ccc(C(C)(C)C)cc1. The van der Waals surface area contributed by atoms with Crippen LogP contribution in [0.2, 0.25) is 5.02 Å². The number of nitrogens with one attached hydrogen (secondary N) is 1. The number of halogens is 1. The van der Waals surface area contributed by atoms with Crippen LogP contribution in [0.4, 0.5) is 0 Å². The summed E-state index contributed by atoms with van der Waals surface area (Å²) >= 11 is 6.34. The number of benzene rings is 3. The fraction of sp³-hybridized carbons (Fsp3) is 0.222. The number of hydrogen-bond acceptors (Lipinski definition) is 1. The first kappa shape index (κ1) is 21.9. The molecule has 0 radical (unpaired) electrons. The van der Waals surface area contributed by atoms with Crippen LogP contribution >= 0.6 is 11.6 Å². The van der Waals surface area contributed by atoms with Crippen molar-refractivity contribution in [2.24, 2.45) is 0 Å². The maximum Gasteiger partial charge on any atom is 0.252 e. The monoisotopic (exact) mass is 417 g/mol. The molecule has 0 aliphatic carbocycles. The highest BCUT2D eigenvalue weighted by Gasteiger charge is 2.18. The number of carbonyl (C=O) groups is 1. The summed E-state index contributed by atoms with van der Waals surface area (Å²) in [7, 11) is 0. The Morgan fingerprint density at radius 3 is 2.10 bits per heavy atom. The van der Waals surface area contributed by atoms with Gasteiger partial charge >= 0.3 is 0 Å². The summed E-state index contributed by atoms with van der Waals surface area (Å²) in [5, 5.41) is 3.76. The Morgan fingerprint density at radius 2 is 1.50 bits per heavy atom. The molecule has 0 aliphatic heterocycles. The fourth-order valence-electron chi connectivity index (χ4n) is 3.27. The van der Waals surface area contributed by atoms with Gasteiger partial charge < -0.3 is 5.32 Å². The smallest absolute Gasteiger partial charge is 0.252 e. The van der Waals surface area contributed by atoms with Crippen LogP contribution in [0, 0.1) is 0 Å². The third-order valence-corrected chi connectivity index (χ3v) is 5.50. The van der Waals surface area contributed by atoms with Crippen LogP contribution in [-0.4, -0.2) is 5.91 Å². The minimum atomic E-state index is -0.131. The highest BCUT2D eigenvalue weighted by atomic mass is 35.5. The van der Waals surface area contributed by atoms with Crippen LogP contribution < -0.4 is 5.32 Å². The summed E-state index contributed by atoms with van der Waals surface area (Å²) in [4.78, 5) is 13.2. The Balaban J connectivity index is 1.87. The zero-order chi connectivity index (χ0) is 21.7. The van der Waals surface area contributed by atoms with E-state index in [-0.39, 0.29) is 17.4 Å². The van der Waals surface area contributed by atoms with E-state index in [4.69, 9.17) is 11.6 Å². The normalized spacial score (nSPS) is 13.0. The van der Waals surface area contributed by atoms with E-state index < -0.39 is 0 Å².